The number of nitrogens with zero attached hydrogens (tertiary/aromatic N) is 1. The number of hydrogen-bond donors (Lipinski definition) is 2. The summed E-state index contributed by atoms with van der Waals surface area (Å²) in [5.41, 5.74) is -0.796. The number of carbonyl (C=O) groups is 1. The Morgan fingerprint density at radius 2 is 2.26 bits per heavy atom. The molecule has 2 atom stereocenters. The third-order valence-electron chi connectivity index (χ3n) is 3.96. The van der Waals surface area contributed by atoms with E-state index in [0.717, 1.165) is 45.5 Å². The third kappa shape index (κ3) is 5.47. The van der Waals surface area contributed by atoms with Crippen molar-refractivity contribution in [2.45, 2.75) is 51.2 Å². The summed E-state index contributed by atoms with van der Waals surface area (Å²) >= 11 is 0. The van der Waals surface area contributed by atoms with Crippen LogP contribution in [0, 0.1) is 0 Å². The van der Waals surface area contributed by atoms with Gasteiger partial charge >= 0.3 is 5.97 Å². The number of carboxylic acids is 1. The largest absolute Gasteiger partial charge is 0.480 e. The fourth-order valence-corrected chi connectivity index (χ4v) is 2.44. The van der Waals surface area contributed by atoms with Crippen LogP contribution in [0.1, 0.15) is 39.5 Å². The van der Waals surface area contributed by atoms with Crippen LogP contribution in [0.3, 0.4) is 0 Å². The molecular weight excluding hydrogens is 244 g/mol. The molecule has 2 unspecified atom stereocenters. The Labute approximate surface area is 116 Å². The van der Waals surface area contributed by atoms with Crippen LogP contribution in [0.2, 0.25) is 0 Å². The van der Waals surface area contributed by atoms with Crippen LogP contribution >= 0.6 is 0 Å². The lowest BCUT2D eigenvalue weighted by Gasteiger charge is -2.25. The van der Waals surface area contributed by atoms with Crippen molar-refractivity contribution >= 4 is 5.97 Å². The second-order valence-electron chi connectivity index (χ2n) is 5.68. The van der Waals surface area contributed by atoms with E-state index >= 15 is 0 Å². The molecule has 5 heteroatoms. The zero-order valence-electron chi connectivity index (χ0n) is 12.4. The molecule has 0 aromatic carbocycles. The molecule has 0 spiro atoms. The van der Waals surface area contributed by atoms with Gasteiger partial charge in [0.2, 0.25) is 0 Å². The highest BCUT2D eigenvalue weighted by Crippen LogP contribution is 2.14. The van der Waals surface area contributed by atoms with Gasteiger partial charge in [0, 0.05) is 19.7 Å². The normalized spacial score (nSPS) is 24.7. The highest BCUT2D eigenvalue weighted by Gasteiger charge is 2.30. The summed E-state index contributed by atoms with van der Waals surface area (Å²) in [6, 6.07) is 0. The first kappa shape index (κ1) is 16.4. The minimum absolute atomic E-state index is 0.309. The van der Waals surface area contributed by atoms with Crippen molar-refractivity contribution in [3.63, 3.8) is 0 Å². The van der Waals surface area contributed by atoms with Crippen molar-refractivity contribution in [3.8, 4) is 0 Å². The zero-order valence-corrected chi connectivity index (χ0v) is 12.4. The predicted octanol–water partition coefficient (Wildman–Crippen LogP) is 1.33. The number of likely N-dealkylation sites (N-methyl/N-ethyl adjacent to an activating group) is 1. The fraction of sp³-hybridized carbons (Fsp3) is 0.929. The number of ether oxygens (including phenoxy) is 1. The summed E-state index contributed by atoms with van der Waals surface area (Å²) < 4.78 is 5.61. The third-order valence-corrected chi connectivity index (χ3v) is 3.96. The van der Waals surface area contributed by atoms with Crippen molar-refractivity contribution in [2.75, 3.05) is 33.3 Å². The zero-order chi connectivity index (χ0) is 14.3. The molecule has 1 aliphatic heterocycles. The predicted molar refractivity (Wildman–Crippen MR) is 75.4 cm³/mol. The average Bonchev–Trinajstić information content (AvgIpc) is 2.58. The van der Waals surface area contributed by atoms with E-state index in [1.165, 1.54) is 0 Å². The Bertz CT molecular complexity index is 286. The van der Waals surface area contributed by atoms with Gasteiger partial charge in [-0.2, -0.15) is 0 Å². The van der Waals surface area contributed by atoms with Crippen molar-refractivity contribution in [1.82, 2.24) is 10.2 Å². The molecular formula is C14H28N2O3. The van der Waals surface area contributed by atoms with Gasteiger partial charge in [0.15, 0.2) is 0 Å². The molecule has 0 aromatic heterocycles. The van der Waals surface area contributed by atoms with Gasteiger partial charge in [0.25, 0.3) is 0 Å². The van der Waals surface area contributed by atoms with Gasteiger partial charge in [0.1, 0.15) is 5.54 Å². The molecule has 0 amide bonds. The molecule has 5 nitrogen and oxygen atoms in total. The molecule has 1 rings (SSSR count). The number of carboxylic acid groups (broad SMARTS) is 1. The lowest BCUT2D eigenvalue weighted by atomic mass is 9.95. The van der Waals surface area contributed by atoms with Gasteiger partial charge < -0.3 is 20.1 Å². The molecule has 19 heavy (non-hydrogen) atoms. The summed E-state index contributed by atoms with van der Waals surface area (Å²) in [6.07, 6.45) is 4.03. The first-order valence-electron chi connectivity index (χ1n) is 7.24. The smallest absolute Gasteiger partial charge is 0.323 e. The highest BCUT2D eigenvalue weighted by molar-refractivity contribution is 5.78. The minimum Gasteiger partial charge on any atom is -0.480 e. The van der Waals surface area contributed by atoms with Crippen LogP contribution in [-0.4, -0.2) is 60.9 Å². The summed E-state index contributed by atoms with van der Waals surface area (Å²) in [4.78, 5) is 13.6. The molecule has 0 bridgehead atoms. The van der Waals surface area contributed by atoms with Crippen LogP contribution in [-0.2, 0) is 9.53 Å². The Hall–Kier alpha value is -0.650. The second kappa shape index (κ2) is 7.82. The Morgan fingerprint density at radius 3 is 2.89 bits per heavy atom. The van der Waals surface area contributed by atoms with Gasteiger partial charge in [0.05, 0.1) is 6.10 Å². The molecule has 1 fully saturated rings. The van der Waals surface area contributed by atoms with Crippen LogP contribution in [0.5, 0.6) is 0 Å². The van der Waals surface area contributed by atoms with Crippen LogP contribution < -0.4 is 5.32 Å². The van der Waals surface area contributed by atoms with E-state index < -0.39 is 11.5 Å². The van der Waals surface area contributed by atoms with E-state index in [4.69, 9.17) is 9.84 Å². The average molecular weight is 272 g/mol. The summed E-state index contributed by atoms with van der Waals surface area (Å²) in [5, 5.41) is 12.1. The van der Waals surface area contributed by atoms with Gasteiger partial charge in [-0.25, -0.2) is 0 Å². The monoisotopic (exact) mass is 272 g/mol. The number of aliphatic carboxylic acids is 1. The van der Waals surface area contributed by atoms with E-state index in [2.05, 4.69) is 17.1 Å². The van der Waals surface area contributed by atoms with E-state index in [9.17, 15) is 4.79 Å². The molecule has 2 N–H and O–H groups in total. The van der Waals surface area contributed by atoms with Crippen LogP contribution in [0.15, 0.2) is 0 Å². The van der Waals surface area contributed by atoms with Crippen molar-refractivity contribution in [2.24, 2.45) is 0 Å². The van der Waals surface area contributed by atoms with Crippen LogP contribution in [0.25, 0.3) is 0 Å². The summed E-state index contributed by atoms with van der Waals surface area (Å²) in [7, 11) is 1.71. The van der Waals surface area contributed by atoms with E-state index in [1.54, 1.807) is 14.0 Å². The molecule has 1 aliphatic rings. The molecule has 0 radical (unpaired) electrons. The SMILES string of the molecule is CNC(C)(CCCCN1CCCOC(C)C1)C(=O)O. The Morgan fingerprint density at radius 1 is 1.53 bits per heavy atom. The molecule has 112 valence electrons. The molecule has 1 heterocycles. The van der Waals surface area contributed by atoms with Gasteiger partial charge in [-0.3, -0.25) is 4.79 Å². The fourth-order valence-electron chi connectivity index (χ4n) is 2.44. The maximum absolute atomic E-state index is 11.1. The number of unbranched alkanes of at least 4 members (excludes halogenated alkanes) is 1. The van der Waals surface area contributed by atoms with Gasteiger partial charge in [-0.1, -0.05) is 0 Å². The summed E-state index contributed by atoms with van der Waals surface area (Å²) in [6.45, 7) is 7.83. The first-order valence-corrected chi connectivity index (χ1v) is 7.24. The number of nitrogens with one attached hydrogen (secondary N) is 1. The highest BCUT2D eigenvalue weighted by atomic mass is 16.5. The molecule has 0 aliphatic carbocycles. The Balaban J connectivity index is 2.24. The lowest BCUT2D eigenvalue weighted by molar-refractivity contribution is -0.144. The van der Waals surface area contributed by atoms with E-state index in [0.29, 0.717) is 12.5 Å². The quantitative estimate of drug-likeness (QED) is 0.685. The molecule has 1 saturated heterocycles. The Kier molecular flexibility index (Phi) is 6.75. The molecule has 0 saturated carbocycles. The van der Waals surface area contributed by atoms with Crippen molar-refractivity contribution in [3.05, 3.63) is 0 Å². The maximum Gasteiger partial charge on any atom is 0.323 e. The number of hydrogen-bond acceptors (Lipinski definition) is 4. The van der Waals surface area contributed by atoms with Crippen molar-refractivity contribution < 1.29 is 14.6 Å². The van der Waals surface area contributed by atoms with Gasteiger partial charge in [-0.15, -0.1) is 0 Å². The number of rotatable bonds is 7. The minimum atomic E-state index is -0.796. The van der Waals surface area contributed by atoms with Gasteiger partial charge in [-0.05, 0) is 53.1 Å². The van der Waals surface area contributed by atoms with E-state index in [-0.39, 0.29) is 0 Å². The van der Waals surface area contributed by atoms with Crippen LogP contribution in [0.4, 0.5) is 0 Å². The van der Waals surface area contributed by atoms with Crippen molar-refractivity contribution in [1.29, 1.82) is 0 Å². The second-order valence-corrected chi connectivity index (χ2v) is 5.68. The summed E-state index contributed by atoms with van der Waals surface area (Å²) in [5.74, 6) is -0.771. The first-order chi connectivity index (χ1) is 8.98. The molecule has 0 aromatic rings. The van der Waals surface area contributed by atoms with E-state index in [1.807, 2.05) is 0 Å². The lowest BCUT2D eigenvalue weighted by Crippen LogP contribution is -2.47. The topological polar surface area (TPSA) is 61.8 Å². The maximum atomic E-state index is 11.1. The standard InChI is InChI=1S/C14H28N2O3/c1-12-11-16(9-6-10-19-12)8-5-4-7-14(2,15-3)13(17)18/h12,15H,4-11H2,1-3H3,(H,17,18).